The van der Waals surface area contributed by atoms with E-state index in [4.69, 9.17) is 9.47 Å². The molecule has 0 saturated carbocycles. The smallest absolute Gasteiger partial charge is 0.230 e. The molecule has 1 aliphatic heterocycles. The second-order valence-corrected chi connectivity index (χ2v) is 9.21. The number of nitrogens with zero attached hydrogens (tertiary/aromatic N) is 2. The Kier molecular flexibility index (Phi) is 6.53. The molecule has 2 N–H and O–H groups in total. The molecule has 4 rings (SSSR count). The first-order valence-electron chi connectivity index (χ1n) is 8.80. The number of ether oxygens (including phenoxy) is 2. The summed E-state index contributed by atoms with van der Waals surface area (Å²) in [4.78, 5) is 12.1. The average Bonchev–Trinajstić information content (AvgIpc) is 3.18. The number of para-hydroxylation sites is 2. The lowest BCUT2D eigenvalue weighted by Gasteiger charge is -2.26. The third-order valence-electron chi connectivity index (χ3n) is 3.90. The largest absolute Gasteiger partial charge is 0.486 e. The predicted molar refractivity (Wildman–Crippen MR) is 117 cm³/mol. The minimum atomic E-state index is -0.207. The first kappa shape index (κ1) is 20.0. The van der Waals surface area contributed by atoms with E-state index in [1.165, 1.54) is 23.1 Å². The molecule has 0 unspecified atom stereocenters. The van der Waals surface area contributed by atoms with Crippen molar-refractivity contribution in [2.45, 2.75) is 10.4 Å². The zero-order valence-corrected chi connectivity index (χ0v) is 18.4. The van der Waals surface area contributed by atoms with E-state index in [1.54, 1.807) is 0 Å². The summed E-state index contributed by atoms with van der Waals surface area (Å²) in [6.07, 6.45) is -0.207. The summed E-state index contributed by atoms with van der Waals surface area (Å²) in [5.74, 6) is 1.60. The maximum absolute atomic E-state index is 12.1. The van der Waals surface area contributed by atoms with Crippen LogP contribution in [0.25, 0.3) is 0 Å². The van der Waals surface area contributed by atoms with Crippen LogP contribution in [0.4, 0.5) is 10.8 Å². The van der Waals surface area contributed by atoms with Crippen LogP contribution in [-0.2, 0) is 4.79 Å². The molecule has 7 nitrogen and oxygen atoms in total. The molecule has 150 valence electrons. The molecule has 0 radical (unpaired) electrons. The van der Waals surface area contributed by atoms with E-state index in [2.05, 4.69) is 36.8 Å². The molecule has 2 aromatic carbocycles. The summed E-state index contributed by atoms with van der Waals surface area (Å²) in [5.41, 5.74) is 0.918. The molecule has 0 spiro atoms. The van der Waals surface area contributed by atoms with Gasteiger partial charge in [-0.1, -0.05) is 57.2 Å². The number of fused-ring (bicyclic) bond motifs is 1. The first-order chi connectivity index (χ1) is 14.2. The highest BCUT2D eigenvalue weighted by Crippen LogP contribution is 2.31. The van der Waals surface area contributed by atoms with E-state index >= 15 is 0 Å². The Morgan fingerprint density at radius 3 is 2.93 bits per heavy atom. The topological polar surface area (TPSA) is 85.4 Å². The fourth-order valence-corrected chi connectivity index (χ4v) is 4.58. The van der Waals surface area contributed by atoms with Crippen LogP contribution < -0.4 is 20.1 Å². The van der Waals surface area contributed by atoms with Crippen LogP contribution in [0.15, 0.2) is 57.3 Å². The van der Waals surface area contributed by atoms with Crippen molar-refractivity contribution in [1.82, 2.24) is 15.5 Å². The average molecular weight is 493 g/mol. The first-order valence-corrected chi connectivity index (χ1v) is 11.4. The molecule has 3 aromatic rings. The van der Waals surface area contributed by atoms with Gasteiger partial charge in [0.15, 0.2) is 15.8 Å². The molecule has 1 atom stereocenters. The molecule has 1 amide bonds. The number of nitrogens with one attached hydrogen (secondary N) is 2. The summed E-state index contributed by atoms with van der Waals surface area (Å²) in [7, 11) is 0. The van der Waals surface area contributed by atoms with Gasteiger partial charge in [-0.2, -0.15) is 0 Å². The fraction of sp³-hybridized carbons (Fsp3) is 0.211. The maximum Gasteiger partial charge on any atom is 0.230 e. The van der Waals surface area contributed by atoms with Crippen molar-refractivity contribution >= 4 is 55.8 Å². The minimum Gasteiger partial charge on any atom is -0.486 e. The van der Waals surface area contributed by atoms with Crippen molar-refractivity contribution in [3.8, 4) is 11.5 Å². The number of halogens is 1. The summed E-state index contributed by atoms with van der Waals surface area (Å²) < 4.78 is 13.2. The number of anilines is 2. The Bertz CT molecular complexity index is 1000. The number of aromatic nitrogens is 2. The maximum atomic E-state index is 12.1. The van der Waals surface area contributed by atoms with Crippen molar-refractivity contribution in [2.75, 3.05) is 24.2 Å². The number of hydrogen-bond acceptors (Lipinski definition) is 8. The van der Waals surface area contributed by atoms with Gasteiger partial charge >= 0.3 is 0 Å². The molecule has 0 bridgehead atoms. The molecule has 0 aliphatic carbocycles. The zero-order chi connectivity index (χ0) is 20.1. The molecule has 0 saturated heterocycles. The Morgan fingerprint density at radius 2 is 2.07 bits per heavy atom. The van der Waals surface area contributed by atoms with Gasteiger partial charge < -0.3 is 20.1 Å². The number of hydrogen-bond donors (Lipinski definition) is 2. The summed E-state index contributed by atoms with van der Waals surface area (Å²) in [5, 5.41) is 15.0. The molecule has 29 heavy (non-hydrogen) atoms. The van der Waals surface area contributed by atoms with Crippen LogP contribution in [0.5, 0.6) is 11.5 Å². The van der Waals surface area contributed by atoms with Crippen LogP contribution in [-0.4, -0.2) is 41.1 Å². The number of thioether (sulfide) groups is 1. The van der Waals surface area contributed by atoms with Crippen molar-refractivity contribution in [2.24, 2.45) is 0 Å². The molecule has 2 heterocycles. The van der Waals surface area contributed by atoms with Gasteiger partial charge in [0.2, 0.25) is 11.0 Å². The highest BCUT2D eigenvalue weighted by molar-refractivity contribution is 9.10. The van der Waals surface area contributed by atoms with Crippen LogP contribution in [0, 0.1) is 0 Å². The van der Waals surface area contributed by atoms with Gasteiger partial charge in [0.25, 0.3) is 0 Å². The van der Waals surface area contributed by atoms with E-state index in [0.29, 0.717) is 24.0 Å². The lowest BCUT2D eigenvalue weighted by Crippen LogP contribution is -2.41. The molecular weight excluding hydrogens is 476 g/mol. The summed E-state index contributed by atoms with van der Waals surface area (Å²) in [6, 6.07) is 15.3. The monoisotopic (exact) mass is 492 g/mol. The van der Waals surface area contributed by atoms with Gasteiger partial charge in [0, 0.05) is 10.2 Å². The molecule has 1 aromatic heterocycles. The van der Waals surface area contributed by atoms with Crippen molar-refractivity contribution in [3.05, 3.63) is 53.0 Å². The Labute approximate surface area is 184 Å². The lowest BCUT2D eigenvalue weighted by molar-refractivity contribution is -0.119. The van der Waals surface area contributed by atoms with Crippen molar-refractivity contribution in [1.29, 1.82) is 0 Å². The second kappa shape index (κ2) is 9.47. The van der Waals surface area contributed by atoms with Crippen LogP contribution >= 0.6 is 39.0 Å². The Morgan fingerprint density at radius 1 is 1.21 bits per heavy atom. The van der Waals surface area contributed by atoms with Gasteiger partial charge in [-0.3, -0.25) is 4.79 Å². The summed E-state index contributed by atoms with van der Waals surface area (Å²) in [6.45, 7) is 0.797. The van der Waals surface area contributed by atoms with Gasteiger partial charge in [-0.25, -0.2) is 0 Å². The van der Waals surface area contributed by atoms with E-state index in [-0.39, 0.29) is 17.8 Å². The second-order valence-electron chi connectivity index (χ2n) is 6.10. The van der Waals surface area contributed by atoms with Crippen LogP contribution in [0.2, 0.25) is 0 Å². The number of amides is 1. The van der Waals surface area contributed by atoms with Gasteiger partial charge in [-0.05, 0) is 30.3 Å². The molecule has 10 heteroatoms. The van der Waals surface area contributed by atoms with E-state index in [9.17, 15) is 4.79 Å². The third-order valence-corrected chi connectivity index (χ3v) is 6.37. The fourth-order valence-electron chi connectivity index (χ4n) is 2.58. The number of carbonyl (C=O) groups excluding carboxylic acids is 1. The van der Waals surface area contributed by atoms with Crippen molar-refractivity contribution < 1.29 is 14.3 Å². The number of carbonyl (C=O) groups is 1. The SMILES string of the molecule is O=C(CSc1nnc(Nc2cccc(Br)c2)s1)NC[C@H]1COc2ccccc2O1. The normalized spacial score (nSPS) is 15.0. The Balaban J connectivity index is 1.21. The molecular formula is C19H17BrN4O3S2. The van der Waals surface area contributed by atoms with Crippen molar-refractivity contribution in [3.63, 3.8) is 0 Å². The zero-order valence-electron chi connectivity index (χ0n) is 15.1. The molecule has 0 fully saturated rings. The van der Waals surface area contributed by atoms with E-state index < -0.39 is 0 Å². The quantitative estimate of drug-likeness (QED) is 0.480. The van der Waals surface area contributed by atoms with Gasteiger partial charge in [0.05, 0.1) is 12.3 Å². The number of benzene rings is 2. The third kappa shape index (κ3) is 5.62. The lowest BCUT2D eigenvalue weighted by atomic mass is 10.2. The van der Waals surface area contributed by atoms with Gasteiger partial charge in [0.1, 0.15) is 12.7 Å². The van der Waals surface area contributed by atoms with Crippen LogP contribution in [0.3, 0.4) is 0 Å². The van der Waals surface area contributed by atoms with Gasteiger partial charge in [-0.15, -0.1) is 10.2 Å². The Hall–Kier alpha value is -2.30. The standard InChI is InChI=1S/C19H17BrN4O3S2/c20-12-4-3-5-13(8-12)22-18-23-24-19(29-18)28-11-17(25)21-9-14-10-26-15-6-1-2-7-16(15)27-14/h1-8,14H,9-11H2,(H,21,25)(H,22,23)/t14-/m0/s1. The predicted octanol–water partition coefficient (Wildman–Crippen LogP) is 4.09. The number of rotatable bonds is 7. The molecule has 1 aliphatic rings. The van der Waals surface area contributed by atoms with E-state index in [1.807, 2.05) is 48.5 Å². The highest BCUT2D eigenvalue weighted by atomic mass is 79.9. The minimum absolute atomic E-state index is 0.0887. The van der Waals surface area contributed by atoms with E-state index in [0.717, 1.165) is 20.2 Å². The van der Waals surface area contributed by atoms with Crippen LogP contribution in [0.1, 0.15) is 0 Å². The summed E-state index contributed by atoms with van der Waals surface area (Å²) >= 11 is 6.19. The highest BCUT2D eigenvalue weighted by Gasteiger charge is 2.21.